The number of likely N-dealkylation sites (tertiary alicyclic amines) is 1. The van der Waals surface area contributed by atoms with Crippen molar-refractivity contribution in [3.63, 3.8) is 0 Å². The maximum absolute atomic E-state index is 11.8. The van der Waals surface area contributed by atoms with Gasteiger partial charge in [0.2, 0.25) is 0 Å². The van der Waals surface area contributed by atoms with Gasteiger partial charge in [0.15, 0.2) is 0 Å². The lowest BCUT2D eigenvalue weighted by Gasteiger charge is -2.31. The average Bonchev–Trinajstić information content (AvgIpc) is 2.95. The first kappa shape index (κ1) is 17.7. The molecule has 0 radical (unpaired) electrons. The van der Waals surface area contributed by atoms with Gasteiger partial charge in [-0.3, -0.25) is 4.68 Å². The molecule has 0 aliphatic carbocycles. The van der Waals surface area contributed by atoms with Crippen LogP contribution in [0.3, 0.4) is 0 Å². The Balaban J connectivity index is 1.64. The summed E-state index contributed by atoms with van der Waals surface area (Å²) in [6, 6.07) is -0.313. The highest BCUT2D eigenvalue weighted by Gasteiger charge is 2.18. The second-order valence-corrected chi connectivity index (χ2v) is 6.46. The minimum atomic E-state index is -0.544. The second kappa shape index (κ2) is 8.88. The summed E-state index contributed by atoms with van der Waals surface area (Å²) in [5.41, 5.74) is 0.662. The molecule has 3 N–H and O–H groups in total. The van der Waals surface area contributed by atoms with Crippen LogP contribution in [0.2, 0.25) is 0 Å². The van der Waals surface area contributed by atoms with Crippen LogP contribution in [-0.4, -0.2) is 58.1 Å². The van der Waals surface area contributed by atoms with Gasteiger partial charge in [-0.05, 0) is 38.3 Å². The number of rotatable bonds is 7. The van der Waals surface area contributed by atoms with Crippen LogP contribution in [-0.2, 0) is 6.54 Å². The molecule has 2 heterocycles. The third-order valence-corrected chi connectivity index (χ3v) is 4.19. The average molecular weight is 323 g/mol. The van der Waals surface area contributed by atoms with E-state index in [1.54, 1.807) is 17.1 Å². The molecule has 1 saturated heterocycles. The zero-order valence-corrected chi connectivity index (χ0v) is 14.2. The minimum Gasteiger partial charge on any atom is -0.390 e. The van der Waals surface area contributed by atoms with Crippen LogP contribution in [0, 0.1) is 5.92 Å². The molecule has 1 unspecified atom stereocenters. The first-order chi connectivity index (χ1) is 11.1. The first-order valence-corrected chi connectivity index (χ1v) is 8.54. The van der Waals surface area contributed by atoms with Gasteiger partial charge >= 0.3 is 6.03 Å². The van der Waals surface area contributed by atoms with E-state index >= 15 is 0 Å². The SMILES string of the molecule is CCCn1cc(NC(=O)NCC(O)CN2CCC(C)CC2)cn1. The standard InChI is InChI=1S/C16H29N5O2/c1-3-6-21-11-14(9-18-21)19-16(23)17-10-15(22)12-20-7-4-13(2)5-8-20/h9,11,13,15,22H,3-8,10,12H2,1-2H3,(H2,17,19,23). The molecule has 1 aliphatic heterocycles. The van der Waals surface area contributed by atoms with Crippen LogP contribution in [0.5, 0.6) is 0 Å². The number of hydrogen-bond acceptors (Lipinski definition) is 4. The van der Waals surface area contributed by atoms with Crippen LogP contribution in [0.4, 0.5) is 10.5 Å². The predicted molar refractivity (Wildman–Crippen MR) is 90.4 cm³/mol. The molecular formula is C16H29N5O2. The normalized spacial score (nSPS) is 17.9. The predicted octanol–water partition coefficient (Wildman–Crippen LogP) is 1.51. The number of aliphatic hydroxyl groups excluding tert-OH is 1. The highest BCUT2D eigenvalue weighted by molar-refractivity contribution is 5.88. The van der Waals surface area contributed by atoms with Crippen LogP contribution < -0.4 is 10.6 Å². The van der Waals surface area contributed by atoms with Crippen molar-refractivity contribution in [2.24, 2.45) is 5.92 Å². The van der Waals surface area contributed by atoms with Crippen LogP contribution >= 0.6 is 0 Å². The van der Waals surface area contributed by atoms with Crippen molar-refractivity contribution in [2.75, 3.05) is 31.5 Å². The Hall–Kier alpha value is -1.60. The van der Waals surface area contributed by atoms with E-state index in [4.69, 9.17) is 0 Å². The highest BCUT2D eigenvalue weighted by atomic mass is 16.3. The zero-order valence-electron chi connectivity index (χ0n) is 14.2. The van der Waals surface area contributed by atoms with Gasteiger partial charge in [0.05, 0.1) is 18.0 Å². The number of aliphatic hydroxyl groups is 1. The number of carbonyl (C=O) groups excluding carboxylic acids is 1. The Morgan fingerprint density at radius 1 is 1.48 bits per heavy atom. The third-order valence-electron chi connectivity index (χ3n) is 4.19. The Kier molecular flexibility index (Phi) is 6.85. The molecule has 0 aromatic carbocycles. The number of aromatic nitrogens is 2. The molecule has 1 fully saturated rings. The molecule has 0 spiro atoms. The molecule has 23 heavy (non-hydrogen) atoms. The molecule has 1 aromatic heterocycles. The van der Waals surface area contributed by atoms with Crippen molar-refractivity contribution < 1.29 is 9.90 Å². The van der Waals surface area contributed by atoms with E-state index < -0.39 is 6.10 Å². The van der Waals surface area contributed by atoms with E-state index in [1.165, 1.54) is 12.8 Å². The van der Waals surface area contributed by atoms with Crippen molar-refractivity contribution in [1.82, 2.24) is 20.0 Å². The van der Waals surface area contributed by atoms with Crippen LogP contribution in [0.15, 0.2) is 12.4 Å². The van der Waals surface area contributed by atoms with E-state index in [2.05, 4.69) is 34.5 Å². The number of carbonyl (C=O) groups is 1. The summed E-state index contributed by atoms with van der Waals surface area (Å²) >= 11 is 0. The lowest BCUT2D eigenvalue weighted by atomic mass is 9.99. The maximum Gasteiger partial charge on any atom is 0.319 e. The summed E-state index contributed by atoms with van der Waals surface area (Å²) in [4.78, 5) is 14.1. The van der Waals surface area contributed by atoms with Crippen LogP contribution in [0.1, 0.15) is 33.1 Å². The zero-order chi connectivity index (χ0) is 16.7. The molecule has 0 bridgehead atoms. The lowest BCUT2D eigenvalue weighted by molar-refractivity contribution is 0.0924. The van der Waals surface area contributed by atoms with Crippen molar-refractivity contribution in [2.45, 2.75) is 45.8 Å². The summed E-state index contributed by atoms with van der Waals surface area (Å²) in [6.07, 6.45) is 6.24. The number of piperidine rings is 1. The Bertz CT molecular complexity index is 483. The van der Waals surface area contributed by atoms with E-state index in [9.17, 15) is 9.90 Å². The summed E-state index contributed by atoms with van der Waals surface area (Å²) in [7, 11) is 0. The molecule has 7 heteroatoms. The number of nitrogens with one attached hydrogen (secondary N) is 2. The van der Waals surface area contributed by atoms with E-state index in [0.29, 0.717) is 12.2 Å². The minimum absolute atomic E-state index is 0.251. The van der Waals surface area contributed by atoms with Crippen molar-refractivity contribution in [3.05, 3.63) is 12.4 Å². The number of aryl methyl sites for hydroxylation is 1. The number of β-amino-alcohol motifs (C(OH)–C–C–N with tert-alkyl or cyclic N) is 1. The third kappa shape index (κ3) is 6.19. The number of urea groups is 1. The molecule has 2 rings (SSSR count). The molecule has 7 nitrogen and oxygen atoms in total. The molecule has 2 amide bonds. The summed E-state index contributed by atoms with van der Waals surface area (Å²) < 4.78 is 1.79. The van der Waals surface area contributed by atoms with Crippen molar-refractivity contribution in [1.29, 1.82) is 0 Å². The topological polar surface area (TPSA) is 82.4 Å². The fraction of sp³-hybridized carbons (Fsp3) is 0.750. The Morgan fingerprint density at radius 2 is 2.22 bits per heavy atom. The van der Waals surface area contributed by atoms with Gasteiger partial charge in [-0.15, -0.1) is 0 Å². The van der Waals surface area contributed by atoms with Gasteiger partial charge in [-0.25, -0.2) is 4.79 Å². The van der Waals surface area contributed by atoms with Gasteiger partial charge in [-0.1, -0.05) is 13.8 Å². The smallest absolute Gasteiger partial charge is 0.319 e. The fourth-order valence-electron chi connectivity index (χ4n) is 2.77. The fourth-order valence-corrected chi connectivity index (χ4v) is 2.77. The molecular weight excluding hydrogens is 294 g/mol. The monoisotopic (exact) mass is 323 g/mol. The van der Waals surface area contributed by atoms with Gasteiger partial charge in [0.25, 0.3) is 0 Å². The molecule has 1 aliphatic rings. The number of hydrogen-bond donors (Lipinski definition) is 3. The summed E-state index contributed by atoms with van der Waals surface area (Å²) in [6.45, 7) is 8.09. The highest BCUT2D eigenvalue weighted by Crippen LogP contribution is 2.15. The van der Waals surface area contributed by atoms with Gasteiger partial charge in [-0.2, -0.15) is 5.10 Å². The lowest BCUT2D eigenvalue weighted by Crippen LogP contribution is -2.43. The van der Waals surface area contributed by atoms with Gasteiger partial charge in [0, 0.05) is 25.8 Å². The van der Waals surface area contributed by atoms with Crippen LogP contribution in [0.25, 0.3) is 0 Å². The van der Waals surface area contributed by atoms with Gasteiger partial charge in [0.1, 0.15) is 0 Å². The maximum atomic E-state index is 11.8. The number of anilines is 1. The van der Waals surface area contributed by atoms with Crippen molar-refractivity contribution in [3.8, 4) is 0 Å². The molecule has 130 valence electrons. The summed E-state index contributed by atoms with van der Waals surface area (Å²) in [5.74, 6) is 0.779. The Labute approximate surface area is 138 Å². The van der Waals surface area contributed by atoms with Gasteiger partial charge < -0.3 is 20.6 Å². The van der Waals surface area contributed by atoms with E-state index in [0.717, 1.165) is 32.0 Å². The van der Waals surface area contributed by atoms with Crippen molar-refractivity contribution >= 4 is 11.7 Å². The second-order valence-electron chi connectivity index (χ2n) is 6.46. The molecule has 1 aromatic rings. The largest absolute Gasteiger partial charge is 0.390 e. The number of nitrogens with zero attached hydrogens (tertiary/aromatic N) is 3. The number of amides is 2. The quantitative estimate of drug-likeness (QED) is 0.710. The molecule has 0 saturated carbocycles. The molecule has 1 atom stereocenters. The van der Waals surface area contributed by atoms with E-state index in [1.807, 2.05) is 0 Å². The van der Waals surface area contributed by atoms with E-state index in [-0.39, 0.29) is 12.6 Å². The Morgan fingerprint density at radius 3 is 2.91 bits per heavy atom. The first-order valence-electron chi connectivity index (χ1n) is 8.54. The summed E-state index contributed by atoms with van der Waals surface area (Å²) in [5, 5.41) is 19.6.